The fourth-order valence-corrected chi connectivity index (χ4v) is 9.60. The molecule has 288 valence electrons. The van der Waals surface area contributed by atoms with E-state index in [-0.39, 0.29) is 53.9 Å². The van der Waals surface area contributed by atoms with Gasteiger partial charge >= 0.3 is 0 Å². The molecule has 1 amide bonds. The van der Waals surface area contributed by atoms with Gasteiger partial charge < -0.3 is 48.4 Å². The molecule has 3 N–H and O–H groups in total. The average molecular weight is 744 g/mol. The van der Waals surface area contributed by atoms with Crippen LogP contribution in [0.25, 0.3) is 11.0 Å². The van der Waals surface area contributed by atoms with Crippen molar-refractivity contribution in [1.82, 2.24) is 15.1 Å². The highest BCUT2D eigenvalue weighted by Crippen LogP contribution is 2.57. The van der Waals surface area contributed by atoms with E-state index in [1.165, 1.54) is 7.11 Å². The topological polar surface area (TPSA) is 145 Å². The van der Waals surface area contributed by atoms with Gasteiger partial charge in [0.1, 0.15) is 28.9 Å². The van der Waals surface area contributed by atoms with Gasteiger partial charge in [-0.3, -0.25) is 14.6 Å². The summed E-state index contributed by atoms with van der Waals surface area (Å²) in [5, 5.41) is 27.7. The first-order valence-electron chi connectivity index (χ1n) is 18.6. The molecule has 5 heterocycles. The van der Waals surface area contributed by atoms with Gasteiger partial charge in [0, 0.05) is 76.8 Å². The Labute approximate surface area is 314 Å². The first-order valence-corrected chi connectivity index (χ1v) is 18.6. The standard InChI is InChI=1S/C41H49N3O10/c1-20-37(48-4)26-16-23-19-44-28(34(43(23)3)33(26)36(46)40(20)51-7)17-27-32(35(45)39(50-6)21(2)38(27)49-5)29(44)18-42-41(47)31-15-22-14-25(8-9-30(22)54-31)53-24-10-12-52-13-11-24/h8-9,14-15,23-24,28-29,34,45-46H,10-13,16-19H2,1-7H3,(H,42,47)/t23-,28-,29-,34-/m0/s1. The Bertz CT molecular complexity index is 2110. The molecule has 4 atom stereocenters. The maximum atomic E-state index is 13.9. The lowest BCUT2D eigenvalue weighted by atomic mass is 9.73. The van der Waals surface area contributed by atoms with Crippen LogP contribution in [0.3, 0.4) is 0 Å². The van der Waals surface area contributed by atoms with Gasteiger partial charge in [0.25, 0.3) is 5.91 Å². The summed E-state index contributed by atoms with van der Waals surface area (Å²) in [6.45, 7) is 5.92. The minimum atomic E-state index is -0.480. The smallest absolute Gasteiger partial charge is 0.287 e. The van der Waals surface area contributed by atoms with E-state index in [1.807, 2.05) is 32.0 Å². The summed E-state index contributed by atoms with van der Waals surface area (Å²) in [7, 11) is 8.45. The number of phenols is 2. The summed E-state index contributed by atoms with van der Waals surface area (Å²) >= 11 is 0. The van der Waals surface area contributed by atoms with Crippen molar-refractivity contribution >= 4 is 16.9 Å². The number of piperazine rings is 1. The summed E-state index contributed by atoms with van der Waals surface area (Å²) in [5.41, 5.74) is 5.25. The highest BCUT2D eigenvalue weighted by atomic mass is 16.5. The van der Waals surface area contributed by atoms with Crippen LogP contribution in [0.5, 0.6) is 40.2 Å². The number of ether oxygens (including phenoxy) is 6. The maximum absolute atomic E-state index is 13.9. The Hall–Kier alpha value is -4.85. The number of carbonyl (C=O) groups is 1. The number of aromatic hydroxyl groups is 2. The molecule has 3 aromatic carbocycles. The highest BCUT2D eigenvalue weighted by Gasteiger charge is 2.53. The molecule has 2 bridgehead atoms. The van der Waals surface area contributed by atoms with Crippen molar-refractivity contribution < 1.29 is 47.8 Å². The van der Waals surface area contributed by atoms with Crippen LogP contribution in [0, 0.1) is 13.8 Å². The summed E-state index contributed by atoms with van der Waals surface area (Å²) in [4.78, 5) is 18.6. The Morgan fingerprint density at radius 3 is 2.15 bits per heavy atom. The molecule has 13 nitrogen and oxygen atoms in total. The predicted octanol–water partition coefficient (Wildman–Crippen LogP) is 5.36. The van der Waals surface area contributed by atoms with Gasteiger partial charge in [0.05, 0.1) is 53.7 Å². The Morgan fingerprint density at radius 1 is 0.870 bits per heavy atom. The van der Waals surface area contributed by atoms with E-state index >= 15 is 0 Å². The van der Waals surface area contributed by atoms with Crippen LogP contribution < -0.4 is 29.0 Å². The second kappa shape index (κ2) is 14.1. The minimum Gasteiger partial charge on any atom is -0.504 e. The molecule has 2 saturated heterocycles. The molecular weight excluding hydrogens is 694 g/mol. The zero-order valence-corrected chi connectivity index (χ0v) is 31.9. The van der Waals surface area contributed by atoms with Gasteiger partial charge in [0.2, 0.25) is 0 Å². The molecule has 1 aromatic heterocycles. The molecule has 8 rings (SSSR count). The first kappa shape index (κ1) is 36.1. The third-order valence-electron chi connectivity index (χ3n) is 12.1. The Morgan fingerprint density at radius 2 is 1.50 bits per heavy atom. The number of carbonyl (C=O) groups excluding carboxylic acids is 1. The summed E-state index contributed by atoms with van der Waals surface area (Å²) in [5.74, 6) is 2.70. The zero-order chi connectivity index (χ0) is 38.0. The second-order valence-corrected chi connectivity index (χ2v) is 14.8. The van der Waals surface area contributed by atoms with Crippen molar-refractivity contribution in [1.29, 1.82) is 0 Å². The van der Waals surface area contributed by atoms with Crippen molar-refractivity contribution in [3.05, 3.63) is 63.4 Å². The number of benzene rings is 3. The van der Waals surface area contributed by atoms with Gasteiger partial charge in [-0.25, -0.2) is 0 Å². The minimum absolute atomic E-state index is 0.0237. The van der Waals surface area contributed by atoms with E-state index in [9.17, 15) is 15.0 Å². The summed E-state index contributed by atoms with van der Waals surface area (Å²) in [6.07, 6.45) is 2.89. The molecule has 54 heavy (non-hydrogen) atoms. The SMILES string of the molecule is COc1c(C)c(OC)c2c(c1O)[C@@H]1[C@@H]3Cc4c(OC)c(C)c(OC)c(O)c4[C@H](CNC(=O)c4cc5cc(OC6CCOCC6)ccc5o4)N3C[C@H](C2)N1C. The molecule has 4 aliphatic heterocycles. The highest BCUT2D eigenvalue weighted by molar-refractivity contribution is 5.96. The van der Waals surface area contributed by atoms with Gasteiger partial charge in [-0.2, -0.15) is 0 Å². The van der Waals surface area contributed by atoms with Crippen molar-refractivity contribution in [2.45, 2.75) is 69.8 Å². The number of amides is 1. The molecule has 4 aliphatic rings. The quantitative estimate of drug-likeness (QED) is 0.203. The number of likely N-dealkylation sites (N-methyl/N-ethyl adjacent to an activating group) is 1. The third kappa shape index (κ3) is 5.66. The number of nitrogens with zero attached hydrogens (tertiary/aromatic N) is 2. The van der Waals surface area contributed by atoms with E-state index in [0.717, 1.165) is 52.0 Å². The van der Waals surface area contributed by atoms with Gasteiger partial charge in [0.15, 0.2) is 28.8 Å². The molecule has 0 unspecified atom stereocenters. The van der Waals surface area contributed by atoms with Crippen molar-refractivity contribution in [3.8, 4) is 40.2 Å². The van der Waals surface area contributed by atoms with Crippen LogP contribution in [-0.2, 0) is 17.6 Å². The van der Waals surface area contributed by atoms with Crippen LogP contribution >= 0.6 is 0 Å². The zero-order valence-electron chi connectivity index (χ0n) is 31.9. The predicted molar refractivity (Wildman–Crippen MR) is 200 cm³/mol. The van der Waals surface area contributed by atoms with Crippen LogP contribution in [-0.4, -0.2) is 106 Å². The van der Waals surface area contributed by atoms with Gasteiger partial charge in [-0.1, -0.05) is 0 Å². The summed E-state index contributed by atoms with van der Waals surface area (Å²) < 4.78 is 41.2. The summed E-state index contributed by atoms with van der Waals surface area (Å²) in [6, 6.07) is 6.41. The molecule has 13 heteroatoms. The number of furan rings is 1. The third-order valence-corrected chi connectivity index (χ3v) is 12.1. The molecule has 0 saturated carbocycles. The monoisotopic (exact) mass is 743 g/mol. The Kier molecular flexibility index (Phi) is 9.43. The molecular formula is C41H49N3O10. The van der Waals surface area contributed by atoms with Crippen molar-refractivity contribution in [2.24, 2.45) is 0 Å². The van der Waals surface area contributed by atoms with Gasteiger partial charge in [-0.05, 0) is 58.0 Å². The largest absolute Gasteiger partial charge is 0.504 e. The number of fused-ring (bicyclic) bond motifs is 8. The second-order valence-electron chi connectivity index (χ2n) is 14.8. The van der Waals surface area contributed by atoms with Crippen molar-refractivity contribution in [3.63, 3.8) is 0 Å². The lowest BCUT2D eigenvalue weighted by Gasteiger charge is -2.58. The molecule has 2 fully saturated rings. The average Bonchev–Trinajstić information content (AvgIpc) is 3.59. The Balaban J connectivity index is 1.17. The lowest BCUT2D eigenvalue weighted by molar-refractivity contribution is -0.0482. The number of hydrogen-bond acceptors (Lipinski definition) is 12. The fourth-order valence-electron chi connectivity index (χ4n) is 9.60. The van der Waals surface area contributed by atoms with E-state index in [1.54, 1.807) is 27.4 Å². The van der Waals surface area contributed by atoms with Gasteiger partial charge in [-0.15, -0.1) is 0 Å². The molecule has 0 spiro atoms. The van der Waals surface area contributed by atoms with Crippen LogP contribution in [0.4, 0.5) is 0 Å². The number of phenolic OH excluding ortho intramolecular Hbond substituents is 2. The lowest BCUT2D eigenvalue weighted by Crippen LogP contribution is -2.64. The van der Waals surface area contributed by atoms with Crippen LogP contribution in [0.2, 0.25) is 0 Å². The number of methoxy groups -OCH3 is 4. The molecule has 4 aromatic rings. The number of hydrogen-bond donors (Lipinski definition) is 3. The van der Waals surface area contributed by atoms with E-state index in [0.29, 0.717) is 66.6 Å². The van der Waals surface area contributed by atoms with E-state index < -0.39 is 6.04 Å². The van der Waals surface area contributed by atoms with E-state index in [2.05, 4.69) is 22.2 Å². The maximum Gasteiger partial charge on any atom is 0.287 e. The first-order chi connectivity index (χ1) is 26.1. The molecule has 0 aliphatic carbocycles. The molecule has 0 radical (unpaired) electrons. The van der Waals surface area contributed by atoms with Crippen molar-refractivity contribution in [2.75, 3.05) is 61.8 Å². The van der Waals surface area contributed by atoms with E-state index in [4.69, 9.17) is 32.8 Å². The fraction of sp³-hybridized carbons (Fsp3) is 0.488. The number of rotatable bonds is 9. The normalized spacial score (nSPS) is 22.6. The number of nitrogens with one attached hydrogen (secondary N) is 1. The van der Waals surface area contributed by atoms with Crippen LogP contribution in [0.1, 0.15) is 68.9 Å². The van der Waals surface area contributed by atoms with Crippen LogP contribution in [0.15, 0.2) is 28.7 Å².